The van der Waals surface area contributed by atoms with Gasteiger partial charge in [-0.2, -0.15) is 4.89 Å². The molecule has 1 unspecified atom stereocenters. The molecule has 0 bridgehead atoms. The summed E-state index contributed by atoms with van der Waals surface area (Å²) in [6.07, 6.45) is 1.05. The van der Waals surface area contributed by atoms with E-state index in [1.54, 1.807) is 20.8 Å². The van der Waals surface area contributed by atoms with Crippen LogP contribution in [0.4, 0.5) is 9.18 Å². The molecule has 0 aromatic carbocycles. The first-order chi connectivity index (χ1) is 12.5. The molecule has 1 aliphatic carbocycles. The number of carbonyl (C=O) groups is 2. The molecule has 2 N–H and O–H groups in total. The number of carbonyl (C=O) groups excluding carboxylic acids is 2. The SMILES string of the molecule is C[C@H](OC(=O)NCC[C@H](F)[C@H](C1CCCCC1)[P+](=O)O)OC(=O)C(C)(C)C. The average Bonchev–Trinajstić information content (AvgIpc) is 2.54. The number of ether oxygens (including phenoxy) is 2. The van der Waals surface area contributed by atoms with Crippen LogP contribution in [-0.4, -0.2) is 41.6 Å². The summed E-state index contributed by atoms with van der Waals surface area (Å²) in [5.41, 5.74) is -1.62. The normalized spacial score (nSPS) is 19.6. The number of nitrogens with one attached hydrogen (secondary N) is 1. The smallest absolute Gasteiger partial charge is 0.425 e. The molecule has 0 saturated heterocycles. The van der Waals surface area contributed by atoms with Crippen molar-refractivity contribution in [2.45, 2.75) is 84.3 Å². The van der Waals surface area contributed by atoms with Gasteiger partial charge in [0.25, 0.3) is 0 Å². The summed E-state index contributed by atoms with van der Waals surface area (Å²) in [6, 6.07) is 0. The molecule has 1 saturated carbocycles. The molecule has 0 heterocycles. The van der Waals surface area contributed by atoms with E-state index in [9.17, 15) is 23.4 Å². The van der Waals surface area contributed by atoms with Gasteiger partial charge in [0, 0.05) is 25.8 Å². The van der Waals surface area contributed by atoms with Crippen molar-refractivity contribution in [3.8, 4) is 0 Å². The monoisotopic (exact) mass is 408 g/mol. The van der Waals surface area contributed by atoms with E-state index in [-0.39, 0.29) is 18.9 Å². The van der Waals surface area contributed by atoms with Gasteiger partial charge in [0.05, 0.1) is 5.41 Å². The zero-order valence-electron chi connectivity index (χ0n) is 16.6. The summed E-state index contributed by atoms with van der Waals surface area (Å²) >= 11 is 0. The fourth-order valence-corrected chi connectivity index (χ4v) is 4.20. The van der Waals surface area contributed by atoms with Crippen molar-refractivity contribution in [1.29, 1.82) is 0 Å². The summed E-state index contributed by atoms with van der Waals surface area (Å²) < 4.78 is 36.0. The fourth-order valence-electron chi connectivity index (χ4n) is 3.12. The fraction of sp³-hybridized carbons (Fsp3) is 0.889. The lowest BCUT2D eigenvalue weighted by Crippen LogP contribution is -2.36. The van der Waals surface area contributed by atoms with Crippen LogP contribution < -0.4 is 5.32 Å². The quantitative estimate of drug-likeness (QED) is 0.357. The van der Waals surface area contributed by atoms with Gasteiger partial charge in [-0.05, 0) is 38.2 Å². The Morgan fingerprint density at radius 1 is 1.22 bits per heavy atom. The maximum Gasteiger partial charge on any atom is 0.512 e. The van der Waals surface area contributed by atoms with Crippen LogP contribution in [0.25, 0.3) is 0 Å². The van der Waals surface area contributed by atoms with E-state index >= 15 is 0 Å². The van der Waals surface area contributed by atoms with Crippen molar-refractivity contribution in [3.63, 3.8) is 0 Å². The van der Waals surface area contributed by atoms with Crippen molar-refractivity contribution >= 4 is 20.1 Å². The minimum absolute atomic E-state index is 0.0354. The van der Waals surface area contributed by atoms with E-state index in [0.717, 1.165) is 32.1 Å². The van der Waals surface area contributed by atoms with E-state index in [4.69, 9.17) is 9.47 Å². The molecule has 1 fully saturated rings. The third-order valence-corrected chi connectivity index (χ3v) is 5.86. The standard InChI is InChI=1S/C18H31FNO6P/c1-12(25-16(21)18(2,3)4)26-17(22)20-11-10-14(19)15(27(23)24)13-8-6-5-7-9-13/h12-15H,5-11H2,1-4H3,(H-,20,22,23,24)/p+1/t12-,14-,15-/m0/s1. The lowest BCUT2D eigenvalue weighted by atomic mass is 9.85. The Morgan fingerprint density at radius 2 is 1.81 bits per heavy atom. The highest BCUT2D eigenvalue weighted by molar-refractivity contribution is 7.39. The van der Waals surface area contributed by atoms with Crippen molar-refractivity contribution < 1.29 is 32.9 Å². The Bertz CT molecular complexity index is 518. The van der Waals surface area contributed by atoms with Crippen LogP contribution in [0.15, 0.2) is 0 Å². The second-order valence-corrected chi connectivity index (χ2v) is 9.25. The van der Waals surface area contributed by atoms with Crippen LogP contribution in [0.5, 0.6) is 0 Å². The summed E-state index contributed by atoms with van der Waals surface area (Å²) in [5.74, 6) is -0.597. The van der Waals surface area contributed by atoms with Gasteiger partial charge in [-0.15, -0.1) is 0 Å². The Hall–Kier alpha value is -1.27. The van der Waals surface area contributed by atoms with Crippen molar-refractivity contribution in [2.24, 2.45) is 11.3 Å². The van der Waals surface area contributed by atoms with Gasteiger partial charge < -0.3 is 14.8 Å². The molecule has 0 aromatic rings. The minimum Gasteiger partial charge on any atom is -0.425 e. The van der Waals surface area contributed by atoms with E-state index in [0.29, 0.717) is 0 Å². The molecule has 7 nitrogen and oxygen atoms in total. The Morgan fingerprint density at radius 3 is 2.33 bits per heavy atom. The highest BCUT2D eigenvalue weighted by Crippen LogP contribution is 2.41. The molecule has 156 valence electrons. The molecule has 0 aliphatic heterocycles. The molecule has 1 amide bonds. The van der Waals surface area contributed by atoms with E-state index in [2.05, 4.69) is 5.32 Å². The highest BCUT2D eigenvalue weighted by atomic mass is 31.1. The van der Waals surface area contributed by atoms with Crippen LogP contribution in [0.2, 0.25) is 0 Å². The maximum absolute atomic E-state index is 14.5. The van der Waals surface area contributed by atoms with Crippen molar-refractivity contribution in [3.05, 3.63) is 0 Å². The molecule has 0 spiro atoms. The predicted molar refractivity (Wildman–Crippen MR) is 99.2 cm³/mol. The first-order valence-corrected chi connectivity index (χ1v) is 10.8. The van der Waals surface area contributed by atoms with E-state index in [1.807, 2.05) is 0 Å². The molecular formula is C18H32FNO6P+. The molecular weight excluding hydrogens is 376 g/mol. The third-order valence-electron chi connectivity index (χ3n) is 4.61. The van der Waals surface area contributed by atoms with Gasteiger partial charge in [0.15, 0.2) is 6.17 Å². The van der Waals surface area contributed by atoms with Gasteiger partial charge in [-0.25, -0.2) is 9.18 Å². The van der Waals surface area contributed by atoms with Gasteiger partial charge in [0.1, 0.15) is 0 Å². The number of amides is 1. The Kier molecular flexibility index (Phi) is 9.60. The van der Waals surface area contributed by atoms with Gasteiger partial charge in [-0.1, -0.05) is 19.3 Å². The predicted octanol–water partition coefficient (Wildman–Crippen LogP) is 4.06. The van der Waals surface area contributed by atoms with Crippen molar-refractivity contribution in [2.75, 3.05) is 6.54 Å². The maximum atomic E-state index is 14.5. The second-order valence-electron chi connectivity index (χ2n) is 8.05. The van der Waals surface area contributed by atoms with E-state index in [1.165, 1.54) is 6.92 Å². The number of hydrogen-bond donors (Lipinski definition) is 2. The number of rotatable bonds is 8. The van der Waals surface area contributed by atoms with Crippen molar-refractivity contribution in [1.82, 2.24) is 5.32 Å². The van der Waals surface area contributed by atoms with E-state index < -0.39 is 43.6 Å². The second kappa shape index (κ2) is 10.9. The first-order valence-electron chi connectivity index (χ1n) is 9.47. The summed E-state index contributed by atoms with van der Waals surface area (Å²) in [5, 5.41) is 2.38. The lowest BCUT2D eigenvalue weighted by molar-refractivity contribution is -0.174. The molecule has 27 heavy (non-hydrogen) atoms. The van der Waals surface area contributed by atoms with Crippen LogP contribution in [0.3, 0.4) is 0 Å². The number of hydrogen-bond acceptors (Lipinski definition) is 5. The molecule has 4 atom stereocenters. The van der Waals surface area contributed by atoms with Gasteiger partial charge in [-0.3, -0.25) is 4.79 Å². The molecule has 1 rings (SSSR count). The van der Waals surface area contributed by atoms with Crippen LogP contribution >= 0.6 is 8.03 Å². The number of esters is 1. The topological polar surface area (TPSA) is 102 Å². The van der Waals surface area contributed by atoms with Crippen LogP contribution in [-0.2, 0) is 18.8 Å². The summed E-state index contributed by atoms with van der Waals surface area (Å²) in [6.45, 7) is 6.41. The number of alkyl halides is 1. The lowest BCUT2D eigenvalue weighted by Gasteiger charge is -2.24. The average molecular weight is 408 g/mol. The molecule has 0 aromatic heterocycles. The zero-order valence-corrected chi connectivity index (χ0v) is 17.5. The Labute approximate surface area is 161 Å². The summed E-state index contributed by atoms with van der Waals surface area (Å²) in [7, 11) is -2.62. The minimum atomic E-state index is -2.62. The number of halogens is 1. The van der Waals surface area contributed by atoms with Gasteiger partial charge >= 0.3 is 20.1 Å². The van der Waals surface area contributed by atoms with Crippen LogP contribution in [0, 0.1) is 11.3 Å². The molecule has 9 heteroatoms. The van der Waals surface area contributed by atoms with Gasteiger partial charge in [0.2, 0.25) is 11.9 Å². The molecule has 1 aliphatic rings. The highest BCUT2D eigenvalue weighted by Gasteiger charge is 2.44. The third kappa shape index (κ3) is 8.52. The molecule has 0 radical (unpaired) electrons. The largest absolute Gasteiger partial charge is 0.512 e. The summed E-state index contributed by atoms with van der Waals surface area (Å²) in [4.78, 5) is 33.0. The van der Waals surface area contributed by atoms with Crippen LogP contribution in [0.1, 0.15) is 66.2 Å². The number of alkyl carbamates (subject to hydrolysis) is 1. The zero-order chi connectivity index (χ0) is 20.6. The Balaban J connectivity index is 2.38. The first kappa shape index (κ1) is 23.8.